The van der Waals surface area contributed by atoms with Gasteiger partial charge in [0.05, 0.1) is 4.92 Å². The molecule has 6 heteroatoms. The number of nitro groups is 1. The van der Waals surface area contributed by atoms with Crippen LogP contribution in [0.2, 0.25) is 5.15 Å². The molecule has 92 valence electrons. The fraction of sp³-hybridized carbons (Fsp3) is 0.545. The molecule has 1 aliphatic rings. The summed E-state index contributed by atoms with van der Waals surface area (Å²) < 4.78 is 0. The molecule has 0 radical (unpaired) electrons. The first-order chi connectivity index (χ1) is 8.06. The third-order valence-electron chi connectivity index (χ3n) is 3.37. The first-order valence-electron chi connectivity index (χ1n) is 5.61. The molecule has 0 saturated heterocycles. The zero-order valence-electron chi connectivity index (χ0n) is 9.57. The molecule has 0 amide bonds. The number of nitrogens with zero attached hydrogens (tertiary/aromatic N) is 2. The summed E-state index contributed by atoms with van der Waals surface area (Å²) in [7, 11) is 0. The molecule has 1 aromatic heterocycles. The summed E-state index contributed by atoms with van der Waals surface area (Å²) in [5.41, 5.74) is 0.277. The third kappa shape index (κ3) is 2.66. The molecule has 0 unspecified atom stereocenters. The maximum Gasteiger partial charge on any atom is 0.311 e. The smallest absolute Gasteiger partial charge is 0.311 e. The van der Waals surface area contributed by atoms with E-state index >= 15 is 0 Å². The van der Waals surface area contributed by atoms with Gasteiger partial charge in [-0.1, -0.05) is 18.5 Å². The molecule has 0 aliphatic heterocycles. The Morgan fingerprint density at radius 3 is 2.82 bits per heavy atom. The molecule has 1 aliphatic carbocycles. The fourth-order valence-corrected chi connectivity index (χ4v) is 1.96. The van der Waals surface area contributed by atoms with E-state index in [-0.39, 0.29) is 16.7 Å². The summed E-state index contributed by atoms with van der Waals surface area (Å²) in [6.07, 6.45) is 3.42. The van der Waals surface area contributed by atoms with E-state index in [2.05, 4.69) is 17.2 Å². The van der Waals surface area contributed by atoms with E-state index in [4.69, 9.17) is 11.6 Å². The number of anilines is 1. The predicted octanol–water partition coefficient (Wildman–Crippen LogP) is 3.25. The lowest BCUT2D eigenvalue weighted by Crippen LogP contribution is -2.16. The monoisotopic (exact) mass is 255 g/mol. The topological polar surface area (TPSA) is 68.1 Å². The van der Waals surface area contributed by atoms with Crippen molar-refractivity contribution in [2.45, 2.75) is 26.2 Å². The van der Waals surface area contributed by atoms with Crippen LogP contribution in [-0.2, 0) is 0 Å². The number of rotatable bonds is 5. The van der Waals surface area contributed by atoms with Crippen LogP contribution >= 0.6 is 11.6 Å². The summed E-state index contributed by atoms with van der Waals surface area (Å²) in [5, 5.41) is 14.1. The first-order valence-corrected chi connectivity index (χ1v) is 5.99. The maximum absolute atomic E-state index is 10.8. The first kappa shape index (κ1) is 12.1. The van der Waals surface area contributed by atoms with Crippen LogP contribution in [0.4, 0.5) is 11.5 Å². The minimum absolute atomic E-state index is 0.0266. The molecular formula is C11H14ClN3O2. The van der Waals surface area contributed by atoms with Gasteiger partial charge in [-0.3, -0.25) is 10.1 Å². The number of aromatic nitrogens is 1. The van der Waals surface area contributed by atoms with Crippen LogP contribution in [0.25, 0.3) is 0 Å². The summed E-state index contributed by atoms with van der Waals surface area (Å²) in [6.45, 7) is 2.85. The Bertz CT molecular complexity index is 446. The van der Waals surface area contributed by atoms with Gasteiger partial charge in [0.2, 0.25) is 5.82 Å². The number of halogens is 1. The molecule has 0 aromatic carbocycles. The Kier molecular flexibility index (Phi) is 3.19. The van der Waals surface area contributed by atoms with Crippen molar-refractivity contribution in [3.8, 4) is 0 Å². The van der Waals surface area contributed by atoms with Crippen LogP contribution < -0.4 is 5.32 Å². The number of hydrogen-bond acceptors (Lipinski definition) is 4. The molecule has 1 N–H and O–H groups in total. The van der Waals surface area contributed by atoms with Crippen molar-refractivity contribution in [1.29, 1.82) is 0 Å². The van der Waals surface area contributed by atoms with E-state index in [1.807, 2.05) is 0 Å². The van der Waals surface area contributed by atoms with Gasteiger partial charge < -0.3 is 5.32 Å². The second kappa shape index (κ2) is 4.49. The summed E-state index contributed by atoms with van der Waals surface area (Å²) in [4.78, 5) is 14.4. The highest BCUT2D eigenvalue weighted by atomic mass is 35.5. The van der Waals surface area contributed by atoms with E-state index in [0.717, 1.165) is 13.0 Å². The number of hydrogen-bond donors (Lipinski definition) is 1. The summed E-state index contributed by atoms with van der Waals surface area (Å²) in [5.74, 6) is 0.266. The molecule has 1 heterocycles. The number of nitrogens with one attached hydrogen (secondary N) is 1. The molecule has 0 spiro atoms. The Morgan fingerprint density at radius 2 is 2.29 bits per heavy atom. The highest BCUT2D eigenvalue weighted by Gasteiger charge is 2.40. The van der Waals surface area contributed by atoms with Crippen molar-refractivity contribution in [2.24, 2.45) is 5.41 Å². The molecule has 1 fully saturated rings. The molecular weight excluding hydrogens is 242 g/mol. The van der Waals surface area contributed by atoms with Gasteiger partial charge in [-0.2, -0.15) is 0 Å². The predicted molar refractivity (Wildman–Crippen MR) is 66.3 cm³/mol. The molecule has 1 aromatic rings. The lowest BCUT2D eigenvalue weighted by atomic mass is 10.0. The summed E-state index contributed by atoms with van der Waals surface area (Å²) in [6, 6.07) is 2.81. The van der Waals surface area contributed by atoms with Crippen molar-refractivity contribution < 1.29 is 4.92 Å². The van der Waals surface area contributed by atoms with Crippen LogP contribution in [-0.4, -0.2) is 16.5 Å². The van der Waals surface area contributed by atoms with Crippen molar-refractivity contribution in [3.63, 3.8) is 0 Å². The van der Waals surface area contributed by atoms with Gasteiger partial charge in [-0.05, 0) is 30.7 Å². The number of pyridine rings is 1. The fourth-order valence-electron chi connectivity index (χ4n) is 1.81. The lowest BCUT2D eigenvalue weighted by Gasteiger charge is -2.13. The van der Waals surface area contributed by atoms with Gasteiger partial charge >= 0.3 is 5.69 Å². The van der Waals surface area contributed by atoms with Crippen LogP contribution in [0.15, 0.2) is 12.1 Å². The highest BCUT2D eigenvalue weighted by molar-refractivity contribution is 6.29. The zero-order valence-corrected chi connectivity index (χ0v) is 10.3. The van der Waals surface area contributed by atoms with E-state index in [1.54, 1.807) is 0 Å². The van der Waals surface area contributed by atoms with Crippen molar-refractivity contribution >= 4 is 23.1 Å². The third-order valence-corrected chi connectivity index (χ3v) is 3.59. The Balaban J connectivity index is 2.13. The lowest BCUT2D eigenvalue weighted by molar-refractivity contribution is -0.384. The van der Waals surface area contributed by atoms with Crippen molar-refractivity contribution in [1.82, 2.24) is 4.98 Å². The molecule has 2 rings (SSSR count). The van der Waals surface area contributed by atoms with Crippen molar-refractivity contribution in [2.75, 3.05) is 11.9 Å². The zero-order chi connectivity index (χ0) is 12.5. The SMILES string of the molecule is CCC1(CNc2nc(Cl)ccc2[N+](=O)[O-])CC1. The molecule has 17 heavy (non-hydrogen) atoms. The van der Waals surface area contributed by atoms with E-state index < -0.39 is 4.92 Å². The van der Waals surface area contributed by atoms with E-state index in [1.165, 1.54) is 25.0 Å². The standard InChI is InChI=1S/C11H14ClN3O2/c1-2-11(5-6-11)7-13-10-8(15(16)17)3-4-9(12)14-10/h3-4H,2,5-7H2,1H3,(H,13,14). The van der Waals surface area contributed by atoms with Gasteiger partial charge in [0, 0.05) is 12.6 Å². The Hall–Kier alpha value is -1.36. The van der Waals surface area contributed by atoms with Crippen LogP contribution in [0.1, 0.15) is 26.2 Å². The Morgan fingerprint density at radius 1 is 1.59 bits per heavy atom. The molecule has 1 saturated carbocycles. The summed E-state index contributed by atoms with van der Waals surface area (Å²) >= 11 is 5.75. The molecule has 0 atom stereocenters. The maximum atomic E-state index is 10.8. The van der Waals surface area contributed by atoms with E-state index in [9.17, 15) is 10.1 Å². The minimum atomic E-state index is -0.447. The normalized spacial score (nSPS) is 16.6. The van der Waals surface area contributed by atoms with Crippen LogP contribution in [0.3, 0.4) is 0 Å². The molecule has 5 nitrogen and oxygen atoms in total. The highest BCUT2D eigenvalue weighted by Crippen LogP contribution is 2.48. The van der Waals surface area contributed by atoms with Crippen molar-refractivity contribution in [3.05, 3.63) is 27.4 Å². The molecule has 0 bridgehead atoms. The van der Waals surface area contributed by atoms with Crippen LogP contribution in [0, 0.1) is 15.5 Å². The van der Waals surface area contributed by atoms with Gasteiger partial charge in [-0.25, -0.2) is 4.98 Å². The second-order valence-corrected chi connectivity index (χ2v) is 4.85. The quantitative estimate of drug-likeness (QED) is 0.498. The van der Waals surface area contributed by atoms with E-state index in [0.29, 0.717) is 5.41 Å². The second-order valence-electron chi connectivity index (χ2n) is 4.47. The average molecular weight is 256 g/mol. The minimum Gasteiger partial charge on any atom is -0.364 e. The largest absolute Gasteiger partial charge is 0.364 e. The Labute approximate surface area is 104 Å². The average Bonchev–Trinajstić information content (AvgIpc) is 3.07. The van der Waals surface area contributed by atoms with Gasteiger partial charge in [-0.15, -0.1) is 0 Å². The van der Waals surface area contributed by atoms with Crippen LogP contribution in [0.5, 0.6) is 0 Å². The van der Waals surface area contributed by atoms with Gasteiger partial charge in [0.1, 0.15) is 5.15 Å². The van der Waals surface area contributed by atoms with Gasteiger partial charge in [0.15, 0.2) is 0 Å². The van der Waals surface area contributed by atoms with Gasteiger partial charge in [0.25, 0.3) is 0 Å².